The van der Waals surface area contributed by atoms with Crippen molar-refractivity contribution in [2.45, 2.75) is 13.3 Å². The van der Waals surface area contributed by atoms with Crippen molar-refractivity contribution in [1.29, 1.82) is 5.26 Å². The molecule has 0 bridgehead atoms. The van der Waals surface area contributed by atoms with Crippen molar-refractivity contribution in [2.24, 2.45) is 0 Å². The molecular weight excluding hydrogens is 222 g/mol. The summed E-state index contributed by atoms with van der Waals surface area (Å²) >= 11 is 0. The van der Waals surface area contributed by atoms with Gasteiger partial charge in [-0.1, -0.05) is 49.4 Å². The van der Waals surface area contributed by atoms with Crippen LogP contribution in [0.4, 0.5) is 0 Å². The number of hydrogen-bond donors (Lipinski definition) is 0. The van der Waals surface area contributed by atoms with Gasteiger partial charge in [-0.15, -0.1) is 0 Å². The van der Waals surface area contributed by atoms with Gasteiger partial charge in [-0.05, 0) is 18.1 Å². The fourth-order valence-electron chi connectivity index (χ4n) is 1.84. The Bertz CT molecular complexity index is 555. The molecule has 2 rings (SSSR count). The maximum Gasteiger partial charge on any atom is 0.137 e. The zero-order valence-corrected chi connectivity index (χ0v) is 10.4. The lowest BCUT2D eigenvalue weighted by atomic mass is 10.00. The van der Waals surface area contributed by atoms with Crippen LogP contribution in [-0.2, 0) is 0 Å². The molecule has 2 heteroatoms. The summed E-state index contributed by atoms with van der Waals surface area (Å²) in [6.07, 6.45) is 0.931. The predicted octanol–water partition coefficient (Wildman–Crippen LogP) is 4.01. The van der Waals surface area contributed by atoms with E-state index in [9.17, 15) is 5.26 Å². The van der Waals surface area contributed by atoms with Crippen molar-refractivity contribution >= 4 is 0 Å². The Balaban J connectivity index is 2.46. The Morgan fingerprint density at radius 3 is 2.50 bits per heavy atom. The summed E-state index contributed by atoms with van der Waals surface area (Å²) in [5, 5.41) is 9.33. The smallest absolute Gasteiger partial charge is 0.137 e. The molecular formula is C16H15NO. The van der Waals surface area contributed by atoms with E-state index in [1.165, 1.54) is 0 Å². The molecule has 0 saturated heterocycles. The average molecular weight is 237 g/mol. The summed E-state index contributed by atoms with van der Waals surface area (Å²) in [5.41, 5.74) is 2.57. The first-order chi connectivity index (χ1) is 8.86. The largest absolute Gasteiger partial charge is 0.492 e. The van der Waals surface area contributed by atoms with E-state index in [1.54, 1.807) is 0 Å². The maximum absolute atomic E-state index is 9.33. The number of rotatable bonds is 4. The molecule has 0 heterocycles. The minimum Gasteiger partial charge on any atom is -0.492 e. The van der Waals surface area contributed by atoms with Gasteiger partial charge in [0, 0.05) is 5.56 Å². The fourth-order valence-corrected chi connectivity index (χ4v) is 1.84. The van der Waals surface area contributed by atoms with Gasteiger partial charge < -0.3 is 4.74 Å². The average Bonchev–Trinajstić information content (AvgIpc) is 2.45. The summed E-state index contributed by atoms with van der Waals surface area (Å²) in [6, 6.07) is 17.9. The van der Waals surface area contributed by atoms with Gasteiger partial charge in [-0.25, -0.2) is 0 Å². The highest BCUT2D eigenvalue weighted by atomic mass is 16.5. The number of nitriles is 1. The van der Waals surface area contributed by atoms with Crippen LogP contribution >= 0.6 is 0 Å². The van der Waals surface area contributed by atoms with E-state index in [0.29, 0.717) is 17.9 Å². The van der Waals surface area contributed by atoms with Gasteiger partial charge in [0.15, 0.2) is 0 Å². The topological polar surface area (TPSA) is 33.0 Å². The fraction of sp³-hybridized carbons (Fsp3) is 0.188. The monoisotopic (exact) mass is 237 g/mol. The van der Waals surface area contributed by atoms with Crippen LogP contribution in [0.15, 0.2) is 48.5 Å². The van der Waals surface area contributed by atoms with E-state index < -0.39 is 0 Å². The van der Waals surface area contributed by atoms with Crippen LogP contribution in [0, 0.1) is 11.3 Å². The predicted molar refractivity (Wildman–Crippen MR) is 72.4 cm³/mol. The molecule has 0 atom stereocenters. The van der Waals surface area contributed by atoms with Gasteiger partial charge >= 0.3 is 0 Å². The van der Waals surface area contributed by atoms with Crippen LogP contribution < -0.4 is 4.74 Å². The summed E-state index contributed by atoms with van der Waals surface area (Å²) in [5.74, 6) is 0.667. The van der Waals surface area contributed by atoms with Gasteiger partial charge in [-0.2, -0.15) is 5.26 Å². The van der Waals surface area contributed by atoms with Gasteiger partial charge in [0.1, 0.15) is 17.4 Å². The SMILES string of the molecule is CCCOc1cccc(-c2ccccc2)c1C#N. The third-order valence-electron chi connectivity index (χ3n) is 2.68. The van der Waals surface area contributed by atoms with E-state index in [4.69, 9.17) is 4.74 Å². The molecule has 0 radical (unpaired) electrons. The minimum absolute atomic E-state index is 0.608. The maximum atomic E-state index is 9.33. The highest BCUT2D eigenvalue weighted by Gasteiger charge is 2.10. The van der Waals surface area contributed by atoms with E-state index in [0.717, 1.165) is 17.5 Å². The molecule has 0 unspecified atom stereocenters. The van der Waals surface area contributed by atoms with Gasteiger partial charge in [0.25, 0.3) is 0 Å². The first-order valence-electron chi connectivity index (χ1n) is 6.08. The summed E-state index contributed by atoms with van der Waals surface area (Å²) in [7, 11) is 0. The molecule has 2 aromatic carbocycles. The Morgan fingerprint density at radius 1 is 1.06 bits per heavy atom. The molecule has 0 aromatic heterocycles. The number of benzene rings is 2. The summed E-state index contributed by atoms with van der Waals surface area (Å²) in [6.45, 7) is 2.68. The van der Waals surface area contributed by atoms with E-state index >= 15 is 0 Å². The summed E-state index contributed by atoms with van der Waals surface area (Å²) < 4.78 is 5.62. The summed E-state index contributed by atoms with van der Waals surface area (Å²) in [4.78, 5) is 0. The Kier molecular flexibility index (Phi) is 3.98. The first-order valence-corrected chi connectivity index (χ1v) is 6.08. The molecule has 0 aliphatic carbocycles. The Morgan fingerprint density at radius 2 is 1.83 bits per heavy atom. The standard InChI is InChI=1S/C16H15NO/c1-2-11-18-16-10-6-9-14(15(16)12-17)13-7-4-3-5-8-13/h3-10H,2,11H2,1H3. The lowest BCUT2D eigenvalue weighted by Crippen LogP contribution is -1.98. The number of hydrogen-bond acceptors (Lipinski definition) is 2. The van der Waals surface area contributed by atoms with Gasteiger partial charge in [0.05, 0.1) is 6.61 Å². The van der Waals surface area contributed by atoms with Crippen molar-refractivity contribution in [1.82, 2.24) is 0 Å². The molecule has 2 aromatic rings. The van der Waals surface area contributed by atoms with Crippen LogP contribution in [0.3, 0.4) is 0 Å². The quantitative estimate of drug-likeness (QED) is 0.804. The van der Waals surface area contributed by atoms with Crippen LogP contribution in [0.2, 0.25) is 0 Å². The van der Waals surface area contributed by atoms with Crippen LogP contribution in [-0.4, -0.2) is 6.61 Å². The zero-order chi connectivity index (χ0) is 12.8. The van der Waals surface area contributed by atoms with Crippen molar-refractivity contribution in [3.63, 3.8) is 0 Å². The van der Waals surface area contributed by atoms with Gasteiger partial charge in [-0.3, -0.25) is 0 Å². The highest BCUT2D eigenvalue weighted by molar-refractivity contribution is 5.73. The second-order valence-corrected chi connectivity index (χ2v) is 4.00. The lowest BCUT2D eigenvalue weighted by Gasteiger charge is -2.10. The van der Waals surface area contributed by atoms with E-state index in [1.807, 2.05) is 55.5 Å². The van der Waals surface area contributed by atoms with Crippen molar-refractivity contribution < 1.29 is 4.74 Å². The first kappa shape index (κ1) is 12.2. The Hall–Kier alpha value is -2.27. The number of nitrogens with zero attached hydrogens (tertiary/aromatic N) is 1. The van der Waals surface area contributed by atoms with Crippen molar-refractivity contribution in [3.05, 3.63) is 54.1 Å². The molecule has 2 nitrogen and oxygen atoms in total. The second kappa shape index (κ2) is 5.88. The molecule has 18 heavy (non-hydrogen) atoms. The molecule has 0 fully saturated rings. The number of ether oxygens (including phenoxy) is 1. The lowest BCUT2D eigenvalue weighted by molar-refractivity contribution is 0.316. The molecule has 0 N–H and O–H groups in total. The van der Waals surface area contributed by atoms with Crippen LogP contribution in [0.1, 0.15) is 18.9 Å². The van der Waals surface area contributed by atoms with Crippen molar-refractivity contribution in [2.75, 3.05) is 6.61 Å². The van der Waals surface area contributed by atoms with Crippen LogP contribution in [0.25, 0.3) is 11.1 Å². The molecule has 90 valence electrons. The van der Waals surface area contributed by atoms with E-state index in [-0.39, 0.29) is 0 Å². The zero-order valence-electron chi connectivity index (χ0n) is 10.4. The minimum atomic E-state index is 0.608. The van der Waals surface area contributed by atoms with Crippen molar-refractivity contribution in [3.8, 4) is 22.9 Å². The third kappa shape index (κ3) is 2.52. The second-order valence-electron chi connectivity index (χ2n) is 4.00. The highest BCUT2D eigenvalue weighted by Crippen LogP contribution is 2.29. The Labute approximate surface area is 107 Å². The molecule has 0 saturated carbocycles. The van der Waals surface area contributed by atoms with Gasteiger partial charge in [0.2, 0.25) is 0 Å². The van der Waals surface area contributed by atoms with E-state index in [2.05, 4.69) is 6.07 Å². The third-order valence-corrected chi connectivity index (χ3v) is 2.68. The van der Waals surface area contributed by atoms with Crippen LogP contribution in [0.5, 0.6) is 5.75 Å². The normalized spacial score (nSPS) is 9.78. The molecule has 0 spiro atoms. The molecule has 0 amide bonds. The molecule has 0 aliphatic rings. The molecule has 0 aliphatic heterocycles.